The summed E-state index contributed by atoms with van der Waals surface area (Å²) in [5, 5.41) is 8.59. The van der Waals surface area contributed by atoms with E-state index < -0.39 is 5.97 Å². The third-order valence-corrected chi connectivity index (χ3v) is 1.93. The fourth-order valence-corrected chi connectivity index (χ4v) is 1.30. The highest BCUT2D eigenvalue weighted by atomic mass is 16.4. The Balaban J connectivity index is 2.94. The Bertz CT molecular complexity index is 348. The van der Waals surface area contributed by atoms with E-state index in [1.807, 2.05) is 25.1 Å². The van der Waals surface area contributed by atoms with Crippen molar-refractivity contribution >= 4 is 17.3 Å². The first-order valence-corrected chi connectivity index (χ1v) is 4.28. The molecule has 0 fully saturated rings. The van der Waals surface area contributed by atoms with Crippen LogP contribution in [0.1, 0.15) is 5.56 Å². The van der Waals surface area contributed by atoms with Gasteiger partial charge in [0.1, 0.15) is 0 Å². The molecule has 0 radical (unpaired) electrons. The topological polar surface area (TPSA) is 66.6 Å². The minimum Gasteiger partial charge on any atom is -0.481 e. The van der Waals surface area contributed by atoms with Gasteiger partial charge in [-0.1, -0.05) is 6.07 Å². The molecule has 0 aliphatic rings. The number of carboxylic acid groups (broad SMARTS) is 1. The van der Waals surface area contributed by atoms with Gasteiger partial charge in [0.05, 0.1) is 17.8 Å². The normalized spacial score (nSPS) is 9.86. The molecule has 0 atom stereocenters. The zero-order valence-electron chi connectivity index (χ0n) is 8.32. The van der Waals surface area contributed by atoms with Crippen LogP contribution in [0.25, 0.3) is 0 Å². The Morgan fingerprint density at radius 2 is 2.14 bits per heavy atom. The van der Waals surface area contributed by atoms with Gasteiger partial charge in [0.2, 0.25) is 0 Å². The molecule has 0 aliphatic carbocycles. The Kier molecular flexibility index (Phi) is 2.96. The highest BCUT2D eigenvalue weighted by molar-refractivity contribution is 5.73. The van der Waals surface area contributed by atoms with E-state index in [2.05, 4.69) is 0 Å². The molecule has 0 aliphatic heterocycles. The summed E-state index contributed by atoms with van der Waals surface area (Å²) < 4.78 is 0. The molecule has 76 valence electrons. The molecule has 1 rings (SSSR count). The van der Waals surface area contributed by atoms with E-state index >= 15 is 0 Å². The minimum absolute atomic E-state index is 0.0118. The predicted molar refractivity (Wildman–Crippen MR) is 56.5 cm³/mol. The van der Waals surface area contributed by atoms with Gasteiger partial charge in [-0.15, -0.1) is 0 Å². The third-order valence-electron chi connectivity index (χ3n) is 1.93. The van der Waals surface area contributed by atoms with Gasteiger partial charge < -0.3 is 15.7 Å². The molecule has 0 saturated heterocycles. The van der Waals surface area contributed by atoms with Crippen LogP contribution >= 0.6 is 0 Å². The third kappa shape index (κ3) is 2.39. The molecule has 0 amide bonds. The molecule has 4 heteroatoms. The molecule has 0 unspecified atom stereocenters. The van der Waals surface area contributed by atoms with Crippen LogP contribution in [-0.2, 0) is 11.2 Å². The highest BCUT2D eigenvalue weighted by Crippen LogP contribution is 2.22. The lowest BCUT2D eigenvalue weighted by molar-refractivity contribution is -0.136. The van der Waals surface area contributed by atoms with Crippen LogP contribution in [0.4, 0.5) is 11.4 Å². The second-order valence-electron chi connectivity index (χ2n) is 3.36. The van der Waals surface area contributed by atoms with Crippen molar-refractivity contribution in [1.29, 1.82) is 0 Å². The van der Waals surface area contributed by atoms with Crippen LogP contribution in [0.15, 0.2) is 18.2 Å². The molecule has 1 aromatic carbocycles. The number of anilines is 2. The Morgan fingerprint density at radius 3 is 2.57 bits per heavy atom. The van der Waals surface area contributed by atoms with Crippen molar-refractivity contribution in [2.45, 2.75) is 6.42 Å². The maximum absolute atomic E-state index is 10.4. The molecule has 14 heavy (non-hydrogen) atoms. The maximum Gasteiger partial charge on any atom is 0.307 e. The number of nitrogens with two attached hydrogens (primary N) is 1. The summed E-state index contributed by atoms with van der Waals surface area (Å²) in [5.74, 6) is -0.845. The average Bonchev–Trinajstić information content (AvgIpc) is 2.01. The van der Waals surface area contributed by atoms with Gasteiger partial charge >= 0.3 is 5.97 Å². The van der Waals surface area contributed by atoms with Gasteiger partial charge in [-0.3, -0.25) is 4.79 Å². The molecular weight excluding hydrogens is 180 g/mol. The molecule has 0 aromatic heterocycles. The van der Waals surface area contributed by atoms with Crippen molar-refractivity contribution in [2.24, 2.45) is 0 Å². The standard InChI is InChI=1S/C10H14N2O2/c1-12(2)9-4-3-7(5-8(9)11)6-10(13)14/h3-5H,6,11H2,1-2H3,(H,13,14). The lowest BCUT2D eigenvalue weighted by atomic mass is 10.1. The van der Waals surface area contributed by atoms with Crippen LogP contribution in [-0.4, -0.2) is 25.2 Å². The van der Waals surface area contributed by atoms with E-state index in [9.17, 15) is 4.79 Å². The highest BCUT2D eigenvalue weighted by Gasteiger charge is 2.05. The second kappa shape index (κ2) is 4.00. The average molecular weight is 194 g/mol. The number of benzene rings is 1. The molecule has 0 saturated carbocycles. The summed E-state index contributed by atoms with van der Waals surface area (Å²) in [5.41, 5.74) is 7.99. The van der Waals surface area contributed by atoms with E-state index in [-0.39, 0.29) is 6.42 Å². The van der Waals surface area contributed by atoms with Crippen molar-refractivity contribution in [2.75, 3.05) is 24.7 Å². The summed E-state index contributed by atoms with van der Waals surface area (Å²) in [6.45, 7) is 0. The number of nitrogens with zero attached hydrogens (tertiary/aromatic N) is 1. The van der Waals surface area contributed by atoms with Crippen molar-refractivity contribution in [1.82, 2.24) is 0 Å². The second-order valence-corrected chi connectivity index (χ2v) is 3.36. The van der Waals surface area contributed by atoms with E-state index in [1.54, 1.807) is 12.1 Å². The minimum atomic E-state index is -0.845. The monoisotopic (exact) mass is 194 g/mol. The predicted octanol–water partition coefficient (Wildman–Crippen LogP) is 0.962. The zero-order chi connectivity index (χ0) is 10.7. The lowest BCUT2D eigenvalue weighted by Gasteiger charge is -2.15. The van der Waals surface area contributed by atoms with Gasteiger partial charge in [-0.2, -0.15) is 0 Å². The molecular formula is C10H14N2O2. The van der Waals surface area contributed by atoms with E-state index in [0.717, 1.165) is 11.3 Å². The van der Waals surface area contributed by atoms with Crippen LogP contribution in [0.3, 0.4) is 0 Å². The van der Waals surface area contributed by atoms with Gasteiger partial charge in [0.25, 0.3) is 0 Å². The molecule has 0 bridgehead atoms. The number of hydrogen-bond acceptors (Lipinski definition) is 3. The largest absolute Gasteiger partial charge is 0.481 e. The molecule has 4 nitrogen and oxygen atoms in total. The lowest BCUT2D eigenvalue weighted by Crippen LogP contribution is -2.11. The number of rotatable bonds is 3. The summed E-state index contributed by atoms with van der Waals surface area (Å²) in [4.78, 5) is 12.3. The maximum atomic E-state index is 10.4. The van der Waals surface area contributed by atoms with Crippen molar-refractivity contribution in [3.05, 3.63) is 23.8 Å². The number of carbonyl (C=O) groups is 1. The van der Waals surface area contributed by atoms with Crippen LogP contribution in [0.5, 0.6) is 0 Å². The first-order chi connectivity index (χ1) is 6.50. The molecule has 0 spiro atoms. The summed E-state index contributed by atoms with van der Waals surface area (Å²) in [6.07, 6.45) is 0.0118. The zero-order valence-corrected chi connectivity index (χ0v) is 8.32. The Morgan fingerprint density at radius 1 is 1.50 bits per heavy atom. The number of aliphatic carboxylic acids is 1. The summed E-state index contributed by atoms with van der Waals surface area (Å²) in [6, 6.07) is 5.30. The van der Waals surface area contributed by atoms with E-state index in [1.165, 1.54) is 0 Å². The number of carboxylic acids is 1. The number of hydrogen-bond donors (Lipinski definition) is 2. The van der Waals surface area contributed by atoms with E-state index in [0.29, 0.717) is 5.69 Å². The van der Waals surface area contributed by atoms with Crippen molar-refractivity contribution < 1.29 is 9.90 Å². The fourth-order valence-electron chi connectivity index (χ4n) is 1.30. The summed E-state index contributed by atoms with van der Waals surface area (Å²) >= 11 is 0. The molecule has 1 aromatic rings. The van der Waals surface area contributed by atoms with Gasteiger partial charge in [-0.05, 0) is 17.7 Å². The van der Waals surface area contributed by atoms with Gasteiger partial charge in [0, 0.05) is 14.1 Å². The van der Waals surface area contributed by atoms with Crippen molar-refractivity contribution in [3.8, 4) is 0 Å². The van der Waals surface area contributed by atoms with Crippen LogP contribution in [0, 0.1) is 0 Å². The fraction of sp³-hybridized carbons (Fsp3) is 0.300. The first kappa shape index (κ1) is 10.4. The molecule has 3 N–H and O–H groups in total. The van der Waals surface area contributed by atoms with Gasteiger partial charge in [-0.25, -0.2) is 0 Å². The molecule has 0 heterocycles. The Labute approximate surface area is 82.9 Å². The SMILES string of the molecule is CN(C)c1ccc(CC(=O)O)cc1N. The summed E-state index contributed by atoms with van der Waals surface area (Å²) in [7, 11) is 3.78. The first-order valence-electron chi connectivity index (χ1n) is 4.28. The van der Waals surface area contributed by atoms with Crippen molar-refractivity contribution in [3.63, 3.8) is 0 Å². The van der Waals surface area contributed by atoms with E-state index in [4.69, 9.17) is 10.8 Å². The number of nitrogen functional groups attached to an aromatic ring is 1. The van der Waals surface area contributed by atoms with Gasteiger partial charge in [0.15, 0.2) is 0 Å². The smallest absolute Gasteiger partial charge is 0.307 e. The van der Waals surface area contributed by atoms with Crippen LogP contribution < -0.4 is 10.6 Å². The Hall–Kier alpha value is -1.71. The van der Waals surface area contributed by atoms with Crippen LogP contribution in [0.2, 0.25) is 0 Å². The quantitative estimate of drug-likeness (QED) is 0.703.